The molecule has 0 saturated carbocycles. The van der Waals surface area contributed by atoms with Gasteiger partial charge in [-0.25, -0.2) is 4.98 Å². The molecule has 0 aliphatic carbocycles. The first kappa shape index (κ1) is 16.8. The Morgan fingerprint density at radius 1 is 0.538 bits per heavy atom. The largest absolute Gasteiger partial charge is 0.255 e. The lowest BCUT2D eigenvalue weighted by Crippen LogP contribution is -1.92. The minimum atomic E-state index is 0.699. The molecule has 0 bridgehead atoms. The van der Waals surface area contributed by atoms with Crippen molar-refractivity contribution in [3.63, 3.8) is 0 Å². The molecule has 0 aliphatic heterocycles. The van der Waals surface area contributed by atoms with Crippen LogP contribution in [0.2, 0.25) is 10.0 Å². The molecule has 126 valence electrons. The van der Waals surface area contributed by atoms with Crippen LogP contribution in [0, 0.1) is 0 Å². The van der Waals surface area contributed by atoms with Gasteiger partial charge in [-0.15, -0.1) is 0 Å². The summed E-state index contributed by atoms with van der Waals surface area (Å²) in [5.41, 5.74) is 5.57. The molecule has 0 saturated heterocycles. The zero-order valence-corrected chi connectivity index (χ0v) is 15.2. The highest BCUT2D eigenvalue weighted by Crippen LogP contribution is 2.31. The summed E-state index contributed by atoms with van der Waals surface area (Å²) in [6, 6.07) is 25.4. The fourth-order valence-corrected chi connectivity index (χ4v) is 3.10. The van der Waals surface area contributed by atoms with Crippen molar-refractivity contribution >= 4 is 23.2 Å². The van der Waals surface area contributed by atoms with Crippen molar-refractivity contribution in [3.05, 3.63) is 95.1 Å². The fraction of sp³-hybridized carbons (Fsp3) is 0. The summed E-state index contributed by atoms with van der Waals surface area (Å²) in [5, 5.41) is 1.40. The molecule has 4 aromatic rings. The first-order valence-corrected chi connectivity index (χ1v) is 8.90. The minimum Gasteiger partial charge on any atom is -0.255 e. The molecule has 0 fully saturated rings. The Balaban J connectivity index is 1.91. The molecule has 2 nitrogen and oxygen atoms in total. The van der Waals surface area contributed by atoms with Gasteiger partial charge in [0.05, 0.1) is 17.1 Å². The fourth-order valence-electron chi connectivity index (χ4n) is 2.78. The van der Waals surface area contributed by atoms with Gasteiger partial charge in [0.2, 0.25) is 0 Å². The highest BCUT2D eigenvalue weighted by Gasteiger charge is 2.10. The van der Waals surface area contributed by atoms with Crippen LogP contribution in [0.5, 0.6) is 0 Å². The van der Waals surface area contributed by atoms with Gasteiger partial charge in [-0.05, 0) is 59.7 Å². The van der Waals surface area contributed by atoms with Gasteiger partial charge in [0.15, 0.2) is 0 Å². The Kier molecular flexibility index (Phi) is 4.70. The standard InChI is InChI=1S/C22H14Cl2N2/c23-18-9-7-15(8-10-18)21-13-17(16-4-3-5-19(24)12-16)14-22(26-21)20-6-1-2-11-25-20/h1-14H. The molecule has 26 heavy (non-hydrogen) atoms. The van der Waals surface area contributed by atoms with E-state index in [-0.39, 0.29) is 0 Å². The van der Waals surface area contributed by atoms with Gasteiger partial charge in [-0.3, -0.25) is 4.98 Å². The van der Waals surface area contributed by atoms with E-state index in [0.29, 0.717) is 10.0 Å². The van der Waals surface area contributed by atoms with E-state index in [1.54, 1.807) is 6.20 Å². The molecular weight excluding hydrogens is 363 g/mol. The normalized spacial score (nSPS) is 10.7. The van der Waals surface area contributed by atoms with E-state index in [9.17, 15) is 0 Å². The molecule has 2 aromatic heterocycles. The third-order valence-corrected chi connectivity index (χ3v) is 4.54. The van der Waals surface area contributed by atoms with E-state index in [4.69, 9.17) is 28.2 Å². The van der Waals surface area contributed by atoms with Crippen LogP contribution in [0.3, 0.4) is 0 Å². The average Bonchev–Trinajstić information content (AvgIpc) is 2.69. The number of hydrogen-bond acceptors (Lipinski definition) is 2. The van der Waals surface area contributed by atoms with E-state index in [1.807, 2.05) is 72.8 Å². The molecule has 0 spiro atoms. The van der Waals surface area contributed by atoms with Crippen molar-refractivity contribution in [3.8, 4) is 33.8 Å². The second-order valence-corrected chi connectivity index (χ2v) is 6.73. The Morgan fingerprint density at radius 2 is 1.35 bits per heavy atom. The van der Waals surface area contributed by atoms with E-state index in [1.165, 1.54) is 0 Å². The summed E-state index contributed by atoms with van der Waals surface area (Å²) in [5.74, 6) is 0. The molecule has 0 atom stereocenters. The molecule has 0 N–H and O–H groups in total. The number of hydrogen-bond donors (Lipinski definition) is 0. The third kappa shape index (κ3) is 3.62. The number of benzene rings is 2. The van der Waals surface area contributed by atoms with Crippen LogP contribution in [-0.4, -0.2) is 9.97 Å². The molecule has 0 amide bonds. The predicted molar refractivity (Wildman–Crippen MR) is 108 cm³/mol. The van der Waals surface area contributed by atoms with E-state index < -0.39 is 0 Å². The highest BCUT2D eigenvalue weighted by molar-refractivity contribution is 6.31. The van der Waals surface area contributed by atoms with Gasteiger partial charge in [0, 0.05) is 21.8 Å². The van der Waals surface area contributed by atoms with Crippen LogP contribution in [0.1, 0.15) is 0 Å². The van der Waals surface area contributed by atoms with Crippen LogP contribution in [-0.2, 0) is 0 Å². The quantitative estimate of drug-likeness (QED) is 0.393. The Labute approximate surface area is 162 Å². The lowest BCUT2D eigenvalue weighted by Gasteiger charge is -2.10. The maximum Gasteiger partial charge on any atom is 0.0899 e. The highest BCUT2D eigenvalue weighted by atomic mass is 35.5. The molecule has 0 aliphatic rings. The molecule has 2 aromatic carbocycles. The number of nitrogens with zero attached hydrogens (tertiary/aromatic N) is 2. The smallest absolute Gasteiger partial charge is 0.0899 e. The van der Waals surface area contributed by atoms with Crippen molar-refractivity contribution in [2.45, 2.75) is 0 Å². The van der Waals surface area contributed by atoms with E-state index in [0.717, 1.165) is 33.8 Å². The topological polar surface area (TPSA) is 25.8 Å². The Morgan fingerprint density at radius 3 is 2.08 bits per heavy atom. The summed E-state index contributed by atoms with van der Waals surface area (Å²) in [4.78, 5) is 9.25. The van der Waals surface area contributed by atoms with E-state index in [2.05, 4.69) is 11.1 Å². The van der Waals surface area contributed by atoms with Gasteiger partial charge >= 0.3 is 0 Å². The summed E-state index contributed by atoms with van der Waals surface area (Å²) in [6.07, 6.45) is 1.77. The first-order valence-electron chi connectivity index (χ1n) is 8.14. The summed E-state index contributed by atoms with van der Waals surface area (Å²) in [6.45, 7) is 0. The second kappa shape index (κ2) is 7.28. The van der Waals surface area contributed by atoms with Crippen LogP contribution in [0.4, 0.5) is 0 Å². The zero-order valence-electron chi connectivity index (χ0n) is 13.7. The van der Waals surface area contributed by atoms with Crippen molar-refractivity contribution in [2.75, 3.05) is 0 Å². The SMILES string of the molecule is Clc1ccc(-c2cc(-c3cccc(Cl)c3)cc(-c3ccccn3)n2)cc1. The maximum atomic E-state index is 6.18. The summed E-state index contributed by atoms with van der Waals surface area (Å²) < 4.78 is 0. The molecule has 4 rings (SSSR count). The van der Waals surface area contributed by atoms with Crippen LogP contribution >= 0.6 is 23.2 Å². The molecule has 4 heteroatoms. The maximum absolute atomic E-state index is 6.18. The number of aromatic nitrogens is 2. The summed E-state index contributed by atoms with van der Waals surface area (Å²) in [7, 11) is 0. The van der Waals surface area contributed by atoms with Crippen molar-refractivity contribution in [1.82, 2.24) is 9.97 Å². The van der Waals surface area contributed by atoms with E-state index >= 15 is 0 Å². The monoisotopic (exact) mass is 376 g/mol. The van der Waals surface area contributed by atoms with Crippen LogP contribution < -0.4 is 0 Å². The number of rotatable bonds is 3. The van der Waals surface area contributed by atoms with Crippen molar-refractivity contribution in [2.24, 2.45) is 0 Å². The lowest BCUT2D eigenvalue weighted by atomic mass is 10.0. The molecule has 0 unspecified atom stereocenters. The van der Waals surface area contributed by atoms with Crippen molar-refractivity contribution < 1.29 is 0 Å². The first-order chi connectivity index (χ1) is 12.7. The molecule has 2 heterocycles. The van der Waals surface area contributed by atoms with Gasteiger partial charge < -0.3 is 0 Å². The number of halogens is 2. The van der Waals surface area contributed by atoms with Gasteiger partial charge in [0.25, 0.3) is 0 Å². The molecule has 0 radical (unpaired) electrons. The van der Waals surface area contributed by atoms with Crippen LogP contribution in [0.15, 0.2) is 85.1 Å². The number of pyridine rings is 2. The minimum absolute atomic E-state index is 0.699. The van der Waals surface area contributed by atoms with Gasteiger partial charge in [0.1, 0.15) is 0 Å². The summed E-state index contributed by atoms with van der Waals surface area (Å²) >= 11 is 12.2. The Bertz CT molecular complexity index is 1050. The third-order valence-electron chi connectivity index (χ3n) is 4.05. The van der Waals surface area contributed by atoms with Gasteiger partial charge in [-0.1, -0.05) is 53.5 Å². The Hall–Kier alpha value is -2.68. The lowest BCUT2D eigenvalue weighted by molar-refractivity contribution is 1.25. The zero-order chi connectivity index (χ0) is 17.9. The van der Waals surface area contributed by atoms with Crippen LogP contribution in [0.25, 0.3) is 33.8 Å². The molecular formula is C22H14Cl2N2. The second-order valence-electron chi connectivity index (χ2n) is 5.86. The average molecular weight is 377 g/mol. The predicted octanol–water partition coefficient (Wildman–Crippen LogP) is 6.78. The van der Waals surface area contributed by atoms with Gasteiger partial charge in [-0.2, -0.15) is 0 Å². The van der Waals surface area contributed by atoms with Crippen molar-refractivity contribution in [1.29, 1.82) is 0 Å².